The van der Waals surface area contributed by atoms with Crippen LogP contribution in [0.3, 0.4) is 0 Å². The highest BCUT2D eigenvalue weighted by atomic mass is 16.5. The van der Waals surface area contributed by atoms with Crippen LogP contribution in [0.15, 0.2) is 30.3 Å². The molecule has 3 N–H and O–H groups in total. The quantitative estimate of drug-likeness (QED) is 0.328. The first-order valence-electron chi connectivity index (χ1n) is 12.2. The van der Waals surface area contributed by atoms with E-state index in [4.69, 9.17) is 9.94 Å². The number of hydrogen-bond acceptors (Lipinski definition) is 6. The third kappa shape index (κ3) is 6.77. The van der Waals surface area contributed by atoms with E-state index in [1.165, 1.54) is 0 Å². The Morgan fingerprint density at radius 1 is 1.15 bits per heavy atom. The van der Waals surface area contributed by atoms with E-state index >= 15 is 0 Å². The number of nitrogens with zero attached hydrogens (tertiary/aromatic N) is 2. The fraction of sp³-hybridized carbons (Fsp3) is 0.640. The van der Waals surface area contributed by atoms with Crippen molar-refractivity contribution in [3.63, 3.8) is 0 Å². The average molecular weight is 475 g/mol. The van der Waals surface area contributed by atoms with Crippen molar-refractivity contribution in [2.45, 2.75) is 45.6 Å². The summed E-state index contributed by atoms with van der Waals surface area (Å²) >= 11 is 0. The topological polar surface area (TPSA) is 111 Å². The lowest BCUT2D eigenvalue weighted by molar-refractivity contribution is -0.147. The van der Waals surface area contributed by atoms with Crippen molar-refractivity contribution in [3.05, 3.63) is 35.9 Å². The Hall–Kier alpha value is -2.49. The summed E-state index contributed by atoms with van der Waals surface area (Å²) in [5, 5.41) is 12.1. The van der Waals surface area contributed by atoms with Gasteiger partial charge >= 0.3 is 0 Å². The minimum atomic E-state index is -0.913. The average Bonchev–Trinajstić information content (AvgIpc) is 3.13. The molecule has 2 heterocycles. The van der Waals surface area contributed by atoms with Crippen molar-refractivity contribution in [1.29, 1.82) is 0 Å². The molecule has 3 amide bonds. The molecule has 0 aromatic heterocycles. The molecule has 9 heteroatoms. The minimum Gasteiger partial charge on any atom is -0.379 e. The van der Waals surface area contributed by atoms with Gasteiger partial charge in [0.05, 0.1) is 18.6 Å². The Morgan fingerprint density at radius 2 is 1.85 bits per heavy atom. The van der Waals surface area contributed by atoms with Crippen LogP contribution in [0.1, 0.15) is 38.7 Å². The molecule has 0 aliphatic carbocycles. The van der Waals surface area contributed by atoms with Crippen LogP contribution >= 0.6 is 0 Å². The van der Waals surface area contributed by atoms with E-state index in [2.05, 4.69) is 10.2 Å². The summed E-state index contributed by atoms with van der Waals surface area (Å²) in [5.41, 5.74) is 1.73. The van der Waals surface area contributed by atoms with Crippen LogP contribution in [-0.4, -0.2) is 84.7 Å². The second-order valence-electron chi connectivity index (χ2n) is 9.79. The Kier molecular flexibility index (Phi) is 9.44. The normalized spacial score (nSPS) is 22.1. The van der Waals surface area contributed by atoms with E-state index in [1.54, 1.807) is 10.4 Å². The summed E-state index contributed by atoms with van der Waals surface area (Å²) in [6, 6.07) is 9.01. The zero-order valence-corrected chi connectivity index (χ0v) is 20.3. The summed E-state index contributed by atoms with van der Waals surface area (Å²) < 4.78 is 5.38. The predicted octanol–water partition coefficient (Wildman–Crippen LogP) is 1.21. The Morgan fingerprint density at radius 3 is 2.50 bits per heavy atom. The van der Waals surface area contributed by atoms with Gasteiger partial charge in [0.15, 0.2) is 0 Å². The van der Waals surface area contributed by atoms with Gasteiger partial charge in [-0.3, -0.25) is 24.5 Å². The van der Waals surface area contributed by atoms with E-state index in [0.29, 0.717) is 45.6 Å². The van der Waals surface area contributed by atoms with Gasteiger partial charge in [0.1, 0.15) is 6.04 Å². The van der Waals surface area contributed by atoms with Gasteiger partial charge in [-0.25, -0.2) is 5.48 Å². The number of rotatable bonds is 11. The lowest BCUT2D eigenvalue weighted by atomic mass is 9.75. The second-order valence-corrected chi connectivity index (χ2v) is 9.79. The standard InChI is InChI=1S/C25H38N4O5/c1-19(2)17-25(18-22(30)27-33)8-10-29(24(25)32)21(16-20-6-4-3-5-7-20)23(31)26-9-11-28-12-14-34-15-13-28/h3-7,19,21,33H,8-18H2,1-2H3,(H,26,31)(H,27,30)/t21-,25-/m1/s1. The maximum atomic E-state index is 13.7. The second kappa shape index (κ2) is 12.3. The fourth-order valence-corrected chi connectivity index (χ4v) is 5.16. The molecule has 0 bridgehead atoms. The van der Waals surface area contributed by atoms with Gasteiger partial charge in [0, 0.05) is 45.6 Å². The fourth-order valence-electron chi connectivity index (χ4n) is 5.16. The van der Waals surface area contributed by atoms with Crippen molar-refractivity contribution in [1.82, 2.24) is 20.6 Å². The van der Waals surface area contributed by atoms with E-state index < -0.39 is 17.4 Å². The maximum absolute atomic E-state index is 13.7. The monoisotopic (exact) mass is 474 g/mol. The SMILES string of the molecule is CC(C)C[C@@]1(CC(=O)NO)CCN([C@H](Cc2ccccc2)C(=O)NCCN2CCOCC2)C1=O. The van der Waals surface area contributed by atoms with Gasteiger partial charge in [-0.1, -0.05) is 44.2 Å². The number of amides is 3. The first-order chi connectivity index (χ1) is 16.3. The molecule has 1 aromatic rings. The van der Waals surface area contributed by atoms with Gasteiger partial charge < -0.3 is 15.0 Å². The Bertz CT molecular complexity index is 828. The van der Waals surface area contributed by atoms with Crippen LogP contribution in [0, 0.1) is 11.3 Å². The number of ether oxygens (including phenoxy) is 1. The van der Waals surface area contributed by atoms with Gasteiger partial charge in [-0.05, 0) is 24.3 Å². The summed E-state index contributed by atoms with van der Waals surface area (Å²) in [7, 11) is 0. The number of benzene rings is 1. The van der Waals surface area contributed by atoms with Crippen LogP contribution in [-0.2, 0) is 25.5 Å². The van der Waals surface area contributed by atoms with Crippen LogP contribution in [0.5, 0.6) is 0 Å². The van der Waals surface area contributed by atoms with Crippen LogP contribution < -0.4 is 10.8 Å². The molecule has 3 rings (SSSR count). The minimum absolute atomic E-state index is 0.0896. The maximum Gasteiger partial charge on any atom is 0.244 e. The van der Waals surface area contributed by atoms with Crippen molar-refractivity contribution in [3.8, 4) is 0 Å². The number of hydroxylamine groups is 1. The number of carbonyl (C=O) groups is 3. The molecule has 188 valence electrons. The summed E-state index contributed by atoms with van der Waals surface area (Å²) in [5.74, 6) is -0.762. The summed E-state index contributed by atoms with van der Waals surface area (Å²) in [6.45, 7) is 8.74. The van der Waals surface area contributed by atoms with Gasteiger partial charge in [0.2, 0.25) is 17.7 Å². The Balaban J connectivity index is 1.75. The molecular formula is C25H38N4O5. The number of likely N-dealkylation sites (tertiary alicyclic amines) is 1. The van der Waals surface area contributed by atoms with Crippen molar-refractivity contribution in [2.75, 3.05) is 45.9 Å². The van der Waals surface area contributed by atoms with Crippen LogP contribution in [0.2, 0.25) is 0 Å². The first kappa shape index (κ1) is 26.1. The van der Waals surface area contributed by atoms with E-state index in [-0.39, 0.29) is 24.2 Å². The highest BCUT2D eigenvalue weighted by molar-refractivity contribution is 5.94. The molecule has 0 radical (unpaired) electrons. The lowest BCUT2D eigenvalue weighted by Gasteiger charge is -2.32. The molecule has 0 spiro atoms. The molecule has 0 saturated carbocycles. The number of carbonyl (C=O) groups excluding carboxylic acids is 3. The highest BCUT2D eigenvalue weighted by Gasteiger charge is 2.50. The largest absolute Gasteiger partial charge is 0.379 e. The van der Waals surface area contributed by atoms with Gasteiger partial charge in [-0.2, -0.15) is 0 Å². The number of nitrogens with one attached hydrogen (secondary N) is 2. The molecular weight excluding hydrogens is 436 g/mol. The third-order valence-electron chi connectivity index (χ3n) is 6.75. The van der Waals surface area contributed by atoms with Crippen LogP contribution in [0.25, 0.3) is 0 Å². The molecule has 0 unspecified atom stereocenters. The van der Waals surface area contributed by atoms with Gasteiger partial charge in [0.25, 0.3) is 0 Å². The smallest absolute Gasteiger partial charge is 0.244 e. The molecule has 2 saturated heterocycles. The third-order valence-corrected chi connectivity index (χ3v) is 6.75. The number of morpholine rings is 1. The summed E-state index contributed by atoms with van der Waals surface area (Å²) in [4.78, 5) is 43.1. The van der Waals surface area contributed by atoms with Crippen molar-refractivity contribution >= 4 is 17.7 Å². The van der Waals surface area contributed by atoms with Crippen molar-refractivity contribution < 1.29 is 24.3 Å². The molecule has 9 nitrogen and oxygen atoms in total. The first-order valence-corrected chi connectivity index (χ1v) is 12.2. The zero-order valence-electron chi connectivity index (χ0n) is 20.3. The number of hydrogen-bond donors (Lipinski definition) is 3. The molecule has 2 fully saturated rings. The van der Waals surface area contributed by atoms with E-state index in [1.807, 2.05) is 44.2 Å². The molecule has 34 heavy (non-hydrogen) atoms. The van der Waals surface area contributed by atoms with Gasteiger partial charge in [-0.15, -0.1) is 0 Å². The lowest BCUT2D eigenvalue weighted by Crippen LogP contribution is -2.52. The highest BCUT2D eigenvalue weighted by Crippen LogP contribution is 2.42. The van der Waals surface area contributed by atoms with Crippen molar-refractivity contribution in [2.24, 2.45) is 11.3 Å². The Labute approximate surface area is 201 Å². The predicted molar refractivity (Wildman–Crippen MR) is 127 cm³/mol. The zero-order chi connectivity index (χ0) is 24.6. The molecule has 2 aliphatic heterocycles. The van der Waals surface area contributed by atoms with E-state index in [9.17, 15) is 14.4 Å². The molecule has 1 aromatic carbocycles. The summed E-state index contributed by atoms with van der Waals surface area (Å²) in [6.07, 6.45) is 1.31. The molecule has 2 atom stereocenters. The van der Waals surface area contributed by atoms with Crippen LogP contribution in [0.4, 0.5) is 0 Å². The molecule has 2 aliphatic rings. The van der Waals surface area contributed by atoms with E-state index in [0.717, 1.165) is 25.2 Å².